The van der Waals surface area contributed by atoms with Crippen molar-refractivity contribution in [2.24, 2.45) is 0 Å². The van der Waals surface area contributed by atoms with Crippen molar-refractivity contribution in [3.05, 3.63) is 77.4 Å². The lowest BCUT2D eigenvalue weighted by Crippen LogP contribution is -2.39. The van der Waals surface area contributed by atoms with Crippen molar-refractivity contribution in [2.75, 3.05) is 33.7 Å². The van der Waals surface area contributed by atoms with E-state index < -0.39 is 0 Å². The Labute approximate surface area is 229 Å². The molecule has 0 atom stereocenters. The molecule has 4 rings (SSSR count). The molecule has 39 heavy (non-hydrogen) atoms. The number of benzene rings is 3. The van der Waals surface area contributed by atoms with Gasteiger partial charge in [0, 0.05) is 30.9 Å². The Morgan fingerprint density at radius 1 is 0.846 bits per heavy atom. The zero-order chi connectivity index (χ0) is 27.8. The van der Waals surface area contributed by atoms with Crippen LogP contribution in [0, 0.1) is 0 Å². The molecule has 0 heterocycles. The first kappa shape index (κ1) is 27.8. The molecular weight excluding hydrogens is 498 g/mol. The quantitative estimate of drug-likeness (QED) is 0.332. The Morgan fingerprint density at radius 3 is 2.23 bits per heavy atom. The fourth-order valence-corrected chi connectivity index (χ4v) is 4.46. The highest BCUT2D eigenvalue weighted by molar-refractivity contribution is 6.06. The fourth-order valence-electron chi connectivity index (χ4n) is 4.46. The van der Waals surface area contributed by atoms with Gasteiger partial charge < -0.3 is 24.3 Å². The molecule has 1 aliphatic rings. The zero-order valence-electron chi connectivity index (χ0n) is 22.8. The number of rotatable bonds is 11. The number of ether oxygens (including phenoxy) is 4. The molecule has 9 heteroatoms. The Kier molecular flexibility index (Phi) is 9.27. The van der Waals surface area contributed by atoms with Gasteiger partial charge in [0.1, 0.15) is 11.5 Å². The number of methoxy groups -OCH3 is 3. The minimum absolute atomic E-state index is 0.208. The first-order valence-electron chi connectivity index (χ1n) is 12.9. The van der Waals surface area contributed by atoms with Crippen molar-refractivity contribution < 1.29 is 28.5 Å². The topological polar surface area (TPSA) is 98.4 Å². The molecule has 2 N–H and O–H groups in total. The molecule has 0 aliphatic heterocycles. The average Bonchev–Trinajstić information content (AvgIpc) is 3.48. The van der Waals surface area contributed by atoms with Crippen LogP contribution in [0.15, 0.2) is 60.7 Å². The molecule has 0 saturated heterocycles. The molecule has 0 bridgehead atoms. The van der Waals surface area contributed by atoms with Crippen molar-refractivity contribution in [1.29, 1.82) is 0 Å². The summed E-state index contributed by atoms with van der Waals surface area (Å²) in [5.41, 5.74) is 5.51. The molecule has 3 aromatic rings. The molecule has 1 fully saturated rings. The summed E-state index contributed by atoms with van der Waals surface area (Å²) < 4.78 is 22.1. The molecule has 0 aromatic heterocycles. The highest BCUT2D eigenvalue weighted by Crippen LogP contribution is 2.32. The van der Waals surface area contributed by atoms with Gasteiger partial charge in [0.05, 0.1) is 33.0 Å². The van der Waals surface area contributed by atoms with E-state index in [0.717, 1.165) is 24.2 Å². The third-order valence-corrected chi connectivity index (χ3v) is 6.69. The summed E-state index contributed by atoms with van der Waals surface area (Å²) in [6, 6.07) is 17.5. The monoisotopic (exact) mass is 533 g/mol. The van der Waals surface area contributed by atoms with Crippen molar-refractivity contribution in [3.8, 4) is 23.0 Å². The van der Waals surface area contributed by atoms with E-state index in [-0.39, 0.29) is 17.9 Å². The number of hydrogen-bond acceptors (Lipinski definition) is 7. The molecule has 0 unspecified atom stereocenters. The number of anilines is 1. The van der Waals surface area contributed by atoms with Crippen LogP contribution in [-0.2, 0) is 6.54 Å². The van der Waals surface area contributed by atoms with Crippen LogP contribution in [0.1, 0.15) is 52.0 Å². The fraction of sp³-hybridized carbons (Fsp3) is 0.333. The predicted molar refractivity (Wildman–Crippen MR) is 149 cm³/mol. The van der Waals surface area contributed by atoms with E-state index in [1.54, 1.807) is 63.7 Å². The van der Waals surface area contributed by atoms with Gasteiger partial charge in [-0.25, -0.2) is 5.43 Å². The Bertz CT molecular complexity index is 1290. The lowest BCUT2D eigenvalue weighted by atomic mass is 10.1. The summed E-state index contributed by atoms with van der Waals surface area (Å²) in [5.74, 6) is 1.88. The van der Waals surface area contributed by atoms with E-state index >= 15 is 0 Å². The van der Waals surface area contributed by atoms with Crippen LogP contribution in [0.2, 0.25) is 0 Å². The number of amides is 2. The smallest absolute Gasteiger partial charge is 0.267 e. The predicted octanol–water partition coefficient (Wildman–Crippen LogP) is 5.06. The largest absolute Gasteiger partial charge is 0.497 e. The van der Waals surface area contributed by atoms with Crippen LogP contribution in [0.25, 0.3) is 0 Å². The highest BCUT2D eigenvalue weighted by atomic mass is 16.5. The maximum absolute atomic E-state index is 13.0. The lowest BCUT2D eigenvalue weighted by Gasteiger charge is -2.20. The third-order valence-electron chi connectivity index (χ3n) is 6.69. The lowest BCUT2D eigenvalue weighted by molar-refractivity contribution is 0.0712. The first-order valence-corrected chi connectivity index (χ1v) is 12.9. The molecule has 2 amide bonds. The van der Waals surface area contributed by atoms with Crippen molar-refractivity contribution >= 4 is 17.5 Å². The molecular formula is C30H35N3O6. The Hall–Kier alpha value is -4.24. The summed E-state index contributed by atoms with van der Waals surface area (Å²) >= 11 is 0. The van der Waals surface area contributed by atoms with Crippen LogP contribution >= 0.6 is 0 Å². The van der Waals surface area contributed by atoms with Crippen LogP contribution in [-0.4, -0.2) is 51.3 Å². The number of hydrogen-bond donors (Lipinski definition) is 2. The second-order valence-corrected chi connectivity index (χ2v) is 9.31. The minimum Gasteiger partial charge on any atom is -0.497 e. The Balaban J connectivity index is 1.34. The van der Waals surface area contributed by atoms with Gasteiger partial charge in [0.15, 0.2) is 11.5 Å². The summed E-state index contributed by atoms with van der Waals surface area (Å²) in [6.45, 7) is 0.436. The zero-order valence-corrected chi connectivity index (χ0v) is 22.8. The number of carbonyl (C=O) groups excluding carboxylic acids is 2. The van der Waals surface area contributed by atoms with Crippen molar-refractivity contribution in [3.63, 3.8) is 0 Å². The van der Waals surface area contributed by atoms with E-state index in [2.05, 4.69) is 10.7 Å². The van der Waals surface area contributed by atoms with Crippen molar-refractivity contribution in [1.82, 2.24) is 10.4 Å². The standard InChI is InChI=1S/C30H35N3O6/c1-33(31-19-20-9-16-26(37-3)28(17-20)39-23-7-5-6-8-23)30(35)21-10-12-22(13-11-21)32-29(34)25-15-14-24(36-2)18-27(25)38-4/h9-18,23,31H,5-8,19H2,1-4H3,(H,32,34). The molecule has 1 aliphatic carbocycles. The van der Waals surface area contributed by atoms with Crippen LogP contribution in [0.4, 0.5) is 5.69 Å². The molecule has 0 spiro atoms. The Morgan fingerprint density at radius 2 is 1.56 bits per heavy atom. The summed E-state index contributed by atoms with van der Waals surface area (Å²) in [5, 5.41) is 4.27. The van der Waals surface area contributed by atoms with E-state index in [1.807, 2.05) is 18.2 Å². The molecule has 1 saturated carbocycles. The molecule has 3 aromatic carbocycles. The van der Waals surface area contributed by atoms with E-state index in [9.17, 15) is 9.59 Å². The van der Waals surface area contributed by atoms with Gasteiger partial charge in [-0.1, -0.05) is 6.07 Å². The van der Waals surface area contributed by atoms with Crippen LogP contribution < -0.4 is 29.7 Å². The second kappa shape index (κ2) is 13.0. The molecule has 206 valence electrons. The van der Waals surface area contributed by atoms with Gasteiger partial charge in [-0.3, -0.25) is 14.6 Å². The summed E-state index contributed by atoms with van der Waals surface area (Å²) in [7, 11) is 6.35. The SMILES string of the molecule is COc1ccc(C(=O)Nc2ccc(C(=O)N(C)NCc3ccc(OC)c(OC4CCCC4)c3)cc2)c(OC)c1. The summed E-state index contributed by atoms with van der Waals surface area (Å²) in [6.07, 6.45) is 4.71. The number of nitrogens with zero attached hydrogens (tertiary/aromatic N) is 1. The average molecular weight is 534 g/mol. The van der Waals surface area contributed by atoms with Gasteiger partial charge in [-0.05, 0) is 79.8 Å². The first-order chi connectivity index (χ1) is 18.9. The normalized spacial score (nSPS) is 13.0. The molecule has 9 nitrogen and oxygen atoms in total. The van der Waals surface area contributed by atoms with E-state index in [1.165, 1.54) is 25.0 Å². The van der Waals surface area contributed by atoms with Crippen LogP contribution in [0.3, 0.4) is 0 Å². The van der Waals surface area contributed by atoms with Crippen molar-refractivity contribution in [2.45, 2.75) is 38.3 Å². The van der Waals surface area contributed by atoms with Crippen LogP contribution in [0.5, 0.6) is 23.0 Å². The highest BCUT2D eigenvalue weighted by Gasteiger charge is 2.19. The summed E-state index contributed by atoms with van der Waals surface area (Å²) in [4.78, 5) is 25.7. The molecule has 0 radical (unpaired) electrons. The van der Waals surface area contributed by atoms with E-state index in [0.29, 0.717) is 40.6 Å². The van der Waals surface area contributed by atoms with Gasteiger partial charge >= 0.3 is 0 Å². The second-order valence-electron chi connectivity index (χ2n) is 9.31. The van der Waals surface area contributed by atoms with Gasteiger partial charge in [0.2, 0.25) is 0 Å². The minimum atomic E-state index is -0.330. The maximum atomic E-state index is 13.0. The number of hydrazine groups is 1. The van der Waals surface area contributed by atoms with E-state index in [4.69, 9.17) is 18.9 Å². The van der Waals surface area contributed by atoms with Gasteiger partial charge in [0.25, 0.3) is 11.8 Å². The number of nitrogens with one attached hydrogen (secondary N) is 2. The maximum Gasteiger partial charge on any atom is 0.267 e. The third kappa shape index (κ3) is 7.00. The van der Waals surface area contributed by atoms with Gasteiger partial charge in [-0.15, -0.1) is 0 Å². The van der Waals surface area contributed by atoms with Gasteiger partial charge in [-0.2, -0.15) is 0 Å². The number of carbonyl (C=O) groups is 2.